The number of anilines is 2. The summed E-state index contributed by atoms with van der Waals surface area (Å²) in [5.74, 6) is 0.0107. The number of nitrogens with one attached hydrogen (secondary N) is 2. The molecule has 26 heavy (non-hydrogen) atoms. The first-order valence-corrected chi connectivity index (χ1v) is 9.25. The number of hydrogen-bond donors (Lipinski definition) is 2. The largest absolute Gasteiger partial charge is 0.372 e. The van der Waals surface area contributed by atoms with Crippen LogP contribution in [0.3, 0.4) is 0 Å². The number of amides is 1. The predicted octanol–water partition coefficient (Wildman–Crippen LogP) is 4.81. The highest BCUT2D eigenvalue weighted by Crippen LogP contribution is 2.25. The fourth-order valence-electron chi connectivity index (χ4n) is 3.49. The summed E-state index contributed by atoms with van der Waals surface area (Å²) < 4.78 is 0. The normalized spacial score (nSPS) is 10.9. The summed E-state index contributed by atoms with van der Waals surface area (Å²) in [6.07, 6.45) is 0.368. The van der Waals surface area contributed by atoms with Crippen LogP contribution in [-0.2, 0) is 11.2 Å². The molecule has 0 atom stereocenters. The molecule has 0 radical (unpaired) electrons. The quantitative estimate of drug-likeness (QED) is 0.671. The number of aryl methyl sites for hydroxylation is 2. The van der Waals surface area contributed by atoms with E-state index in [9.17, 15) is 4.79 Å². The molecule has 4 nitrogen and oxygen atoms in total. The maximum atomic E-state index is 12.6. The third kappa shape index (κ3) is 3.59. The molecule has 3 aromatic rings. The number of carbonyl (C=O) groups is 1. The lowest BCUT2D eigenvalue weighted by Crippen LogP contribution is -2.22. The van der Waals surface area contributed by atoms with E-state index >= 15 is 0 Å². The summed E-state index contributed by atoms with van der Waals surface area (Å²) in [7, 11) is 0. The van der Waals surface area contributed by atoms with Crippen LogP contribution in [0.4, 0.5) is 11.4 Å². The molecule has 0 aliphatic rings. The summed E-state index contributed by atoms with van der Waals surface area (Å²) >= 11 is 0. The molecule has 0 spiro atoms. The van der Waals surface area contributed by atoms with Gasteiger partial charge in [-0.05, 0) is 63.1 Å². The predicted molar refractivity (Wildman–Crippen MR) is 110 cm³/mol. The lowest BCUT2D eigenvalue weighted by Gasteiger charge is -2.22. The number of para-hydroxylation sites is 1. The van der Waals surface area contributed by atoms with E-state index in [1.54, 1.807) is 0 Å². The van der Waals surface area contributed by atoms with Gasteiger partial charge < -0.3 is 15.2 Å². The van der Waals surface area contributed by atoms with Gasteiger partial charge in [0.1, 0.15) is 0 Å². The maximum absolute atomic E-state index is 12.6. The van der Waals surface area contributed by atoms with Crippen LogP contribution in [0.5, 0.6) is 0 Å². The Morgan fingerprint density at radius 3 is 2.50 bits per heavy atom. The molecule has 0 aliphatic carbocycles. The minimum Gasteiger partial charge on any atom is -0.372 e. The first kappa shape index (κ1) is 18.1. The van der Waals surface area contributed by atoms with Crippen LogP contribution in [0, 0.1) is 13.8 Å². The number of aromatic nitrogens is 1. The molecule has 4 heteroatoms. The van der Waals surface area contributed by atoms with Crippen LogP contribution in [0.2, 0.25) is 0 Å². The van der Waals surface area contributed by atoms with Gasteiger partial charge >= 0.3 is 0 Å². The smallest absolute Gasteiger partial charge is 0.228 e. The molecular formula is C22H27N3O. The SMILES string of the molecule is CCN(CC)c1ccc(NC(=O)Cc2c(C)[nH]c3ccccc23)c(C)c1. The topological polar surface area (TPSA) is 48.1 Å². The van der Waals surface area contributed by atoms with Crippen LogP contribution < -0.4 is 10.2 Å². The second-order valence-corrected chi connectivity index (χ2v) is 6.67. The van der Waals surface area contributed by atoms with Crippen LogP contribution in [-0.4, -0.2) is 24.0 Å². The Hall–Kier alpha value is -2.75. The lowest BCUT2D eigenvalue weighted by molar-refractivity contribution is -0.115. The molecule has 1 heterocycles. The highest BCUT2D eigenvalue weighted by atomic mass is 16.1. The van der Waals surface area contributed by atoms with E-state index in [1.165, 1.54) is 5.69 Å². The molecule has 0 fully saturated rings. The maximum Gasteiger partial charge on any atom is 0.228 e. The second kappa shape index (κ2) is 7.65. The van der Waals surface area contributed by atoms with E-state index in [0.29, 0.717) is 6.42 Å². The van der Waals surface area contributed by atoms with Crippen molar-refractivity contribution >= 4 is 28.2 Å². The molecule has 0 unspecified atom stereocenters. The molecule has 0 saturated carbocycles. The molecule has 1 aromatic heterocycles. The molecule has 0 saturated heterocycles. The zero-order chi connectivity index (χ0) is 18.7. The number of aromatic amines is 1. The van der Waals surface area contributed by atoms with Crippen LogP contribution in [0.25, 0.3) is 10.9 Å². The van der Waals surface area contributed by atoms with Crippen molar-refractivity contribution < 1.29 is 4.79 Å². The van der Waals surface area contributed by atoms with Crippen molar-refractivity contribution in [3.05, 3.63) is 59.3 Å². The van der Waals surface area contributed by atoms with Crippen molar-refractivity contribution in [1.82, 2.24) is 4.98 Å². The van der Waals surface area contributed by atoms with E-state index in [1.807, 2.05) is 38.1 Å². The minimum atomic E-state index is 0.0107. The molecule has 3 rings (SSSR count). The Morgan fingerprint density at radius 1 is 1.08 bits per heavy atom. The van der Waals surface area contributed by atoms with Gasteiger partial charge in [-0.25, -0.2) is 0 Å². The Kier molecular flexibility index (Phi) is 5.31. The standard InChI is InChI=1S/C22H27N3O/c1-5-25(6-2)17-11-12-20(15(3)13-17)24-22(26)14-19-16(4)23-21-10-8-7-9-18(19)21/h7-13,23H,5-6,14H2,1-4H3,(H,24,26). The number of nitrogens with zero attached hydrogens (tertiary/aromatic N) is 1. The minimum absolute atomic E-state index is 0.0107. The highest BCUT2D eigenvalue weighted by molar-refractivity contribution is 5.97. The zero-order valence-corrected chi connectivity index (χ0v) is 16.0. The van der Waals surface area contributed by atoms with Crippen molar-refractivity contribution in [3.8, 4) is 0 Å². The van der Waals surface area contributed by atoms with Crippen LogP contribution >= 0.6 is 0 Å². The summed E-state index contributed by atoms with van der Waals surface area (Å²) in [4.78, 5) is 18.3. The Labute approximate surface area is 155 Å². The third-order valence-corrected chi connectivity index (χ3v) is 4.98. The number of carbonyl (C=O) groups excluding carboxylic acids is 1. The molecule has 0 bridgehead atoms. The van der Waals surface area contributed by atoms with Gasteiger partial charge in [0, 0.05) is 41.1 Å². The first-order chi connectivity index (χ1) is 12.5. The molecule has 1 amide bonds. The van der Waals surface area contributed by atoms with Crippen molar-refractivity contribution in [2.45, 2.75) is 34.1 Å². The lowest BCUT2D eigenvalue weighted by atomic mass is 10.1. The Bertz CT molecular complexity index is 922. The van der Waals surface area contributed by atoms with E-state index in [4.69, 9.17) is 0 Å². The average molecular weight is 349 g/mol. The van der Waals surface area contributed by atoms with Crippen molar-refractivity contribution in [2.24, 2.45) is 0 Å². The van der Waals surface area contributed by atoms with E-state index in [0.717, 1.165) is 46.5 Å². The van der Waals surface area contributed by atoms with Crippen LogP contribution in [0.1, 0.15) is 30.7 Å². The summed E-state index contributed by atoms with van der Waals surface area (Å²) in [5.41, 5.74) is 6.35. The molecule has 136 valence electrons. The van der Waals surface area contributed by atoms with Gasteiger partial charge in [0.15, 0.2) is 0 Å². The number of benzene rings is 2. The van der Waals surface area contributed by atoms with E-state index < -0.39 is 0 Å². The Morgan fingerprint density at radius 2 is 1.81 bits per heavy atom. The summed E-state index contributed by atoms with van der Waals surface area (Å²) in [5, 5.41) is 4.19. The van der Waals surface area contributed by atoms with Gasteiger partial charge in [0.2, 0.25) is 5.91 Å². The number of H-pyrrole nitrogens is 1. The first-order valence-electron chi connectivity index (χ1n) is 9.25. The van der Waals surface area contributed by atoms with Crippen molar-refractivity contribution in [3.63, 3.8) is 0 Å². The monoisotopic (exact) mass is 349 g/mol. The summed E-state index contributed by atoms with van der Waals surface area (Å²) in [6.45, 7) is 10.3. The fourth-order valence-corrected chi connectivity index (χ4v) is 3.49. The van der Waals surface area contributed by atoms with Gasteiger partial charge in [0.05, 0.1) is 6.42 Å². The third-order valence-electron chi connectivity index (χ3n) is 4.98. The van der Waals surface area contributed by atoms with Gasteiger partial charge in [-0.1, -0.05) is 18.2 Å². The van der Waals surface area contributed by atoms with Crippen molar-refractivity contribution in [1.29, 1.82) is 0 Å². The molecule has 0 aliphatic heterocycles. The number of fused-ring (bicyclic) bond motifs is 1. The number of rotatable bonds is 6. The highest BCUT2D eigenvalue weighted by Gasteiger charge is 2.13. The molecule has 2 aromatic carbocycles. The van der Waals surface area contributed by atoms with Crippen LogP contribution in [0.15, 0.2) is 42.5 Å². The zero-order valence-electron chi connectivity index (χ0n) is 16.0. The fraction of sp³-hybridized carbons (Fsp3) is 0.318. The average Bonchev–Trinajstić information content (AvgIpc) is 2.94. The second-order valence-electron chi connectivity index (χ2n) is 6.67. The van der Waals surface area contributed by atoms with E-state index in [2.05, 4.69) is 47.2 Å². The van der Waals surface area contributed by atoms with Crippen molar-refractivity contribution in [2.75, 3.05) is 23.3 Å². The van der Waals surface area contributed by atoms with E-state index in [-0.39, 0.29) is 5.91 Å². The molecular weight excluding hydrogens is 322 g/mol. The number of hydrogen-bond acceptors (Lipinski definition) is 2. The van der Waals surface area contributed by atoms with Gasteiger partial charge in [0.25, 0.3) is 0 Å². The van der Waals surface area contributed by atoms with Gasteiger partial charge in [-0.3, -0.25) is 4.79 Å². The van der Waals surface area contributed by atoms with Gasteiger partial charge in [-0.15, -0.1) is 0 Å². The summed E-state index contributed by atoms with van der Waals surface area (Å²) in [6, 6.07) is 14.3. The van der Waals surface area contributed by atoms with Gasteiger partial charge in [-0.2, -0.15) is 0 Å². The molecule has 2 N–H and O–H groups in total. The Balaban J connectivity index is 1.76.